The van der Waals surface area contributed by atoms with Crippen molar-refractivity contribution in [2.75, 3.05) is 4.90 Å². The Labute approximate surface area is 223 Å². The highest BCUT2D eigenvalue weighted by atomic mass is 16.5. The molecule has 3 nitrogen and oxygen atoms in total. The van der Waals surface area contributed by atoms with Crippen molar-refractivity contribution in [2.45, 2.75) is 0 Å². The van der Waals surface area contributed by atoms with E-state index in [2.05, 4.69) is 95.9 Å². The quantitative estimate of drug-likeness (QED) is 0.228. The molecule has 0 bridgehead atoms. The first-order valence-electron chi connectivity index (χ1n) is 12.6. The molecule has 4 heteroatoms. The van der Waals surface area contributed by atoms with Crippen LogP contribution in [0.3, 0.4) is 0 Å². The molecule has 1 N–H and O–H groups in total. The molecule has 6 aromatic carbocycles. The number of rotatable bonds is 7. The van der Waals surface area contributed by atoms with Crippen LogP contribution in [-0.4, -0.2) is 12.7 Å². The summed E-state index contributed by atoms with van der Waals surface area (Å²) in [5.74, 6) is 0.564. The van der Waals surface area contributed by atoms with Gasteiger partial charge < -0.3 is 14.6 Å². The molecule has 0 aliphatic rings. The van der Waals surface area contributed by atoms with Crippen LogP contribution < -0.4 is 9.55 Å². The molecule has 0 aliphatic heterocycles. The summed E-state index contributed by atoms with van der Waals surface area (Å²) in [6.45, 7) is 0. The van der Waals surface area contributed by atoms with E-state index in [1.165, 1.54) is 21.9 Å². The fourth-order valence-corrected chi connectivity index (χ4v) is 4.96. The predicted molar refractivity (Wildman–Crippen MR) is 158 cm³/mol. The van der Waals surface area contributed by atoms with E-state index in [4.69, 9.17) is 4.65 Å². The van der Waals surface area contributed by atoms with Crippen LogP contribution >= 0.6 is 0 Å². The average molecular weight is 490 g/mol. The first kappa shape index (κ1) is 23.6. The Bertz CT molecular complexity index is 1660. The fraction of sp³-hybridized carbons (Fsp3) is 0. The SMILES string of the molecule is O[B]Oc1ccc(N(c2ccccc2)c2ccc(-c3cccc4ccccc34)cc2)c(-c2ccccc2)c1. The van der Waals surface area contributed by atoms with Gasteiger partial charge in [-0.15, -0.1) is 0 Å². The van der Waals surface area contributed by atoms with Crippen LogP contribution in [-0.2, 0) is 0 Å². The maximum atomic E-state index is 9.24. The first-order chi connectivity index (χ1) is 18.8. The van der Waals surface area contributed by atoms with Gasteiger partial charge in [-0.2, -0.15) is 0 Å². The standard InChI is InChI=1S/C34H25BNO2/c37-35-38-30-22-23-34(33(24-30)26-10-3-1-4-11-26)36(28-14-5-2-6-15-28)29-20-18-27(19-21-29)32-17-9-13-25-12-7-8-16-31(25)32/h1-24,37H. The molecule has 1 radical (unpaired) electrons. The van der Waals surface area contributed by atoms with Gasteiger partial charge in [-0.05, 0) is 69.9 Å². The van der Waals surface area contributed by atoms with Gasteiger partial charge in [-0.1, -0.05) is 103 Å². The van der Waals surface area contributed by atoms with Gasteiger partial charge in [0, 0.05) is 16.9 Å². The zero-order valence-corrected chi connectivity index (χ0v) is 20.7. The van der Waals surface area contributed by atoms with Gasteiger partial charge in [0.05, 0.1) is 5.69 Å². The largest absolute Gasteiger partial charge is 0.569 e. The summed E-state index contributed by atoms with van der Waals surface area (Å²) in [7, 11) is 0.713. The van der Waals surface area contributed by atoms with Gasteiger partial charge in [-0.25, -0.2) is 0 Å². The van der Waals surface area contributed by atoms with E-state index in [0.29, 0.717) is 13.4 Å². The highest BCUT2D eigenvalue weighted by Crippen LogP contribution is 2.42. The van der Waals surface area contributed by atoms with Crippen LogP contribution in [0.2, 0.25) is 0 Å². The molecule has 0 aliphatic carbocycles. The van der Waals surface area contributed by atoms with Crippen LogP contribution in [0.1, 0.15) is 0 Å². The number of anilines is 3. The Balaban J connectivity index is 1.49. The van der Waals surface area contributed by atoms with E-state index in [9.17, 15) is 5.02 Å². The number of benzene rings is 6. The second-order valence-electron chi connectivity index (χ2n) is 9.01. The molecule has 181 valence electrons. The molecule has 0 amide bonds. The average Bonchev–Trinajstić information content (AvgIpc) is 2.99. The van der Waals surface area contributed by atoms with E-state index in [1.807, 2.05) is 54.6 Å². The summed E-state index contributed by atoms with van der Waals surface area (Å²) in [6, 6.07) is 50.1. The Kier molecular flexibility index (Phi) is 6.63. The molecule has 38 heavy (non-hydrogen) atoms. The lowest BCUT2D eigenvalue weighted by molar-refractivity contribution is 0.454. The van der Waals surface area contributed by atoms with Crippen LogP contribution in [0.5, 0.6) is 5.75 Å². The summed E-state index contributed by atoms with van der Waals surface area (Å²) in [4.78, 5) is 2.25. The van der Waals surface area contributed by atoms with Gasteiger partial charge in [-0.3, -0.25) is 0 Å². The van der Waals surface area contributed by atoms with Crippen molar-refractivity contribution in [1.29, 1.82) is 0 Å². The van der Waals surface area contributed by atoms with Crippen LogP contribution in [0, 0.1) is 0 Å². The molecule has 0 atom stereocenters. The Morgan fingerprint density at radius 2 is 1.16 bits per heavy atom. The highest BCUT2D eigenvalue weighted by molar-refractivity contribution is 6.17. The minimum atomic E-state index is 0.564. The number of nitrogens with zero attached hydrogens (tertiary/aromatic N) is 1. The third kappa shape index (κ3) is 4.65. The lowest BCUT2D eigenvalue weighted by Crippen LogP contribution is -2.11. The summed E-state index contributed by atoms with van der Waals surface area (Å²) in [5, 5.41) is 11.7. The maximum absolute atomic E-state index is 9.24. The van der Waals surface area contributed by atoms with E-state index >= 15 is 0 Å². The minimum absolute atomic E-state index is 0.564. The summed E-state index contributed by atoms with van der Waals surface area (Å²) >= 11 is 0. The second-order valence-corrected chi connectivity index (χ2v) is 9.01. The van der Waals surface area contributed by atoms with Crippen molar-refractivity contribution in [2.24, 2.45) is 0 Å². The van der Waals surface area contributed by atoms with Gasteiger partial charge >= 0.3 is 7.69 Å². The van der Waals surface area contributed by atoms with E-state index in [0.717, 1.165) is 28.2 Å². The van der Waals surface area contributed by atoms with Gasteiger partial charge in [0.2, 0.25) is 0 Å². The Morgan fingerprint density at radius 1 is 0.526 bits per heavy atom. The maximum Gasteiger partial charge on any atom is 0.569 e. The first-order valence-corrected chi connectivity index (χ1v) is 12.6. The van der Waals surface area contributed by atoms with E-state index in [1.54, 1.807) is 0 Å². The van der Waals surface area contributed by atoms with Crippen LogP contribution in [0.25, 0.3) is 33.0 Å². The van der Waals surface area contributed by atoms with Crippen molar-refractivity contribution in [3.05, 3.63) is 146 Å². The summed E-state index contributed by atoms with van der Waals surface area (Å²) < 4.78 is 5.33. The molecule has 0 saturated heterocycles. The molecule has 0 fully saturated rings. The normalized spacial score (nSPS) is 10.8. The molecular weight excluding hydrogens is 465 g/mol. The number of fused-ring (bicyclic) bond motifs is 1. The third-order valence-electron chi connectivity index (χ3n) is 6.72. The monoisotopic (exact) mass is 490 g/mol. The van der Waals surface area contributed by atoms with Gasteiger partial charge in [0.1, 0.15) is 5.75 Å². The van der Waals surface area contributed by atoms with Gasteiger partial charge in [0.15, 0.2) is 0 Å². The molecule has 0 spiro atoms. The van der Waals surface area contributed by atoms with Gasteiger partial charge in [0.25, 0.3) is 0 Å². The number of hydrogen-bond acceptors (Lipinski definition) is 3. The van der Waals surface area contributed by atoms with Crippen molar-refractivity contribution < 1.29 is 9.68 Å². The number of hydrogen-bond donors (Lipinski definition) is 1. The smallest absolute Gasteiger partial charge is 0.537 e. The lowest BCUT2D eigenvalue weighted by atomic mass is 9.97. The molecule has 0 unspecified atom stereocenters. The fourth-order valence-electron chi connectivity index (χ4n) is 4.96. The van der Waals surface area contributed by atoms with E-state index < -0.39 is 0 Å². The molecule has 6 aromatic rings. The molecule has 6 rings (SSSR count). The molecule has 0 aromatic heterocycles. The van der Waals surface area contributed by atoms with E-state index in [-0.39, 0.29) is 0 Å². The Hall–Kier alpha value is -4.80. The minimum Gasteiger partial charge on any atom is -0.537 e. The third-order valence-corrected chi connectivity index (χ3v) is 6.72. The van der Waals surface area contributed by atoms with Crippen molar-refractivity contribution >= 4 is 35.5 Å². The van der Waals surface area contributed by atoms with Crippen LogP contribution in [0.15, 0.2) is 146 Å². The zero-order valence-electron chi connectivity index (χ0n) is 20.7. The molecular formula is C34H25BNO2. The molecule has 0 saturated carbocycles. The second kappa shape index (κ2) is 10.7. The number of para-hydroxylation sites is 1. The van der Waals surface area contributed by atoms with Crippen molar-refractivity contribution in [1.82, 2.24) is 0 Å². The topological polar surface area (TPSA) is 32.7 Å². The van der Waals surface area contributed by atoms with Crippen molar-refractivity contribution in [3.8, 4) is 28.0 Å². The van der Waals surface area contributed by atoms with Crippen LogP contribution in [0.4, 0.5) is 17.1 Å². The molecule has 0 heterocycles. The predicted octanol–water partition coefficient (Wildman–Crippen LogP) is 8.55. The zero-order chi connectivity index (χ0) is 25.7. The summed E-state index contributed by atoms with van der Waals surface area (Å²) in [5.41, 5.74) is 7.53. The van der Waals surface area contributed by atoms with Crippen molar-refractivity contribution in [3.63, 3.8) is 0 Å². The highest BCUT2D eigenvalue weighted by Gasteiger charge is 2.18. The summed E-state index contributed by atoms with van der Waals surface area (Å²) in [6.07, 6.45) is 0. The lowest BCUT2D eigenvalue weighted by Gasteiger charge is -2.28. The Morgan fingerprint density at radius 3 is 1.92 bits per heavy atom.